The fourth-order valence-corrected chi connectivity index (χ4v) is 2.80. The van der Waals surface area contributed by atoms with Gasteiger partial charge in [0.05, 0.1) is 23.2 Å². The van der Waals surface area contributed by atoms with Gasteiger partial charge in [-0.15, -0.1) is 0 Å². The van der Waals surface area contributed by atoms with Gasteiger partial charge in [-0.1, -0.05) is 36.4 Å². The summed E-state index contributed by atoms with van der Waals surface area (Å²) in [6.07, 6.45) is 2.90. The van der Waals surface area contributed by atoms with Gasteiger partial charge in [0.1, 0.15) is 6.26 Å². The van der Waals surface area contributed by atoms with Crippen molar-refractivity contribution in [1.29, 1.82) is 0 Å². The topological polar surface area (TPSA) is 70.9 Å². The number of hydrogen-bond donors (Lipinski definition) is 2. The average Bonchev–Trinajstić information content (AvgIpc) is 3.36. The minimum absolute atomic E-state index is 0.205. The van der Waals surface area contributed by atoms with Gasteiger partial charge in [-0.25, -0.2) is 0 Å². The number of nitrogens with one attached hydrogen (secondary N) is 2. The van der Waals surface area contributed by atoms with Gasteiger partial charge in [-0.2, -0.15) is 5.10 Å². The Hall–Kier alpha value is -3.60. The molecule has 2 N–H and O–H groups in total. The number of aromatic amines is 1. The molecule has 0 bridgehead atoms. The maximum atomic E-state index is 12.2. The molecule has 0 radical (unpaired) electrons. The number of aromatic nitrogens is 2. The molecule has 0 fully saturated rings. The Kier molecular flexibility index (Phi) is 4.11. The number of benzene rings is 2. The van der Waals surface area contributed by atoms with E-state index in [1.54, 1.807) is 6.07 Å². The lowest BCUT2D eigenvalue weighted by Crippen LogP contribution is -2.10. The van der Waals surface area contributed by atoms with E-state index in [0.717, 1.165) is 28.1 Å². The van der Waals surface area contributed by atoms with Crippen LogP contribution in [0.4, 0.5) is 5.69 Å². The monoisotopic (exact) mass is 343 g/mol. The minimum atomic E-state index is -0.205. The lowest BCUT2D eigenvalue weighted by Gasteiger charge is -2.08. The Morgan fingerprint density at radius 2 is 1.92 bits per heavy atom. The summed E-state index contributed by atoms with van der Waals surface area (Å²) in [7, 11) is 0. The van der Waals surface area contributed by atoms with Crippen LogP contribution in [0.25, 0.3) is 22.5 Å². The van der Waals surface area contributed by atoms with Crippen LogP contribution in [0, 0.1) is 6.92 Å². The molecule has 0 atom stereocenters. The summed E-state index contributed by atoms with van der Waals surface area (Å²) in [4.78, 5) is 12.2. The van der Waals surface area contributed by atoms with Gasteiger partial charge in [0.25, 0.3) is 5.91 Å². The molecule has 0 unspecified atom stereocenters. The molecule has 128 valence electrons. The largest absolute Gasteiger partial charge is 0.472 e. The first-order valence-electron chi connectivity index (χ1n) is 8.26. The second-order valence-electron chi connectivity index (χ2n) is 6.03. The fourth-order valence-electron chi connectivity index (χ4n) is 2.80. The predicted octanol–water partition coefficient (Wildman–Crippen LogP) is 4.90. The number of H-pyrrole nitrogens is 1. The van der Waals surface area contributed by atoms with Crippen molar-refractivity contribution in [2.45, 2.75) is 6.92 Å². The molecule has 2 aromatic heterocycles. The smallest absolute Gasteiger partial charge is 0.258 e. The molecule has 26 heavy (non-hydrogen) atoms. The molecule has 1 amide bonds. The molecule has 0 aliphatic carbocycles. The third-order valence-electron chi connectivity index (χ3n) is 4.22. The second-order valence-corrected chi connectivity index (χ2v) is 6.03. The number of hydrogen-bond acceptors (Lipinski definition) is 3. The Morgan fingerprint density at radius 1 is 1.08 bits per heavy atom. The van der Waals surface area contributed by atoms with Gasteiger partial charge in [-0.3, -0.25) is 9.89 Å². The van der Waals surface area contributed by atoms with Crippen molar-refractivity contribution in [1.82, 2.24) is 10.2 Å². The average molecular weight is 343 g/mol. The van der Waals surface area contributed by atoms with Crippen LogP contribution < -0.4 is 5.32 Å². The Labute approximate surface area is 150 Å². The summed E-state index contributed by atoms with van der Waals surface area (Å²) in [5.41, 5.74) is 6.12. The zero-order chi connectivity index (χ0) is 17.9. The van der Waals surface area contributed by atoms with Gasteiger partial charge in [0, 0.05) is 16.8 Å². The Balaban J connectivity index is 1.63. The highest BCUT2D eigenvalue weighted by molar-refractivity contribution is 6.04. The van der Waals surface area contributed by atoms with E-state index < -0.39 is 0 Å². The van der Waals surface area contributed by atoms with Crippen molar-refractivity contribution in [3.05, 3.63) is 84.3 Å². The highest BCUT2D eigenvalue weighted by atomic mass is 16.3. The molecule has 0 saturated carbocycles. The van der Waals surface area contributed by atoms with Crippen LogP contribution in [-0.2, 0) is 0 Å². The van der Waals surface area contributed by atoms with E-state index in [4.69, 9.17) is 4.42 Å². The first-order chi connectivity index (χ1) is 12.7. The molecule has 2 heterocycles. The van der Waals surface area contributed by atoms with Crippen LogP contribution in [0.2, 0.25) is 0 Å². The van der Waals surface area contributed by atoms with Crippen molar-refractivity contribution in [3.63, 3.8) is 0 Å². The van der Waals surface area contributed by atoms with E-state index >= 15 is 0 Å². The summed E-state index contributed by atoms with van der Waals surface area (Å²) in [5.74, 6) is -0.205. The fraction of sp³-hybridized carbons (Fsp3) is 0.0476. The van der Waals surface area contributed by atoms with E-state index in [9.17, 15) is 4.79 Å². The number of carbonyl (C=O) groups excluding carboxylic acids is 1. The second kappa shape index (κ2) is 6.72. The Morgan fingerprint density at radius 3 is 2.69 bits per heavy atom. The van der Waals surface area contributed by atoms with Gasteiger partial charge in [-0.05, 0) is 36.8 Å². The third kappa shape index (κ3) is 3.15. The molecule has 4 aromatic rings. The lowest BCUT2D eigenvalue weighted by atomic mass is 10.0. The number of nitrogens with zero attached hydrogens (tertiary/aromatic N) is 1. The van der Waals surface area contributed by atoms with Crippen LogP contribution in [0.3, 0.4) is 0 Å². The van der Waals surface area contributed by atoms with Gasteiger partial charge < -0.3 is 9.73 Å². The maximum Gasteiger partial charge on any atom is 0.258 e. The third-order valence-corrected chi connectivity index (χ3v) is 4.22. The standard InChI is InChI=1S/C21H17N3O2/c1-14-7-8-17(22-21(25)16-9-10-26-13-16)11-18(14)20-12-19(23-24-20)15-5-3-2-4-6-15/h2-13H,1H3,(H,22,25)(H,23,24). The molecule has 0 saturated heterocycles. The van der Waals surface area contributed by atoms with E-state index in [0.29, 0.717) is 11.3 Å². The predicted molar refractivity (Wildman–Crippen MR) is 101 cm³/mol. The highest BCUT2D eigenvalue weighted by Gasteiger charge is 2.11. The molecule has 0 aliphatic rings. The summed E-state index contributed by atoms with van der Waals surface area (Å²) in [6.45, 7) is 2.03. The molecule has 2 aromatic carbocycles. The highest BCUT2D eigenvalue weighted by Crippen LogP contribution is 2.28. The SMILES string of the molecule is Cc1ccc(NC(=O)c2ccoc2)cc1-c1cc(-c2ccccc2)n[nH]1. The summed E-state index contributed by atoms with van der Waals surface area (Å²) < 4.78 is 4.96. The number of furan rings is 1. The molecule has 5 nitrogen and oxygen atoms in total. The molecular formula is C21H17N3O2. The van der Waals surface area contributed by atoms with Crippen LogP contribution in [0.5, 0.6) is 0 Å². The zero-order valence-electron chi connectivity index (χ0n) is 14.2. The van der Waals surface area contributed by atoms with Crippen molar-refractivity contribution in [2.75, 3.05) is 5.32 Å². The normalized spacial score (nSPS) is 10.7. The van der Waals surface area contributed by atoms with Gasteiger partial charge in [0.2, 0.25) is 0 Å². The van der Waals surface area contributed by atoms with Crippen molar-refractivity contribution in [3.8, 4) is 22.5 Å². The Bertz CT molecular complexity index is 1030. The molecule has 0 aliphatic heterocycles. The maximum absolute atomic E-state index is 12.2. The molecule has 0 spiro atoms. The summed E-state index contributed by atoms with van der Waals surface area (Å²) in [5, 5.41) is 10.4. The summed E-state index contributed by atoms with van der Waals surface area (Å²) in [6, 6.07) is 19.4. The van der Waals surface area contributed by atoms with Crippen molar-refractivity contribution >= 4 is 11.6 Å². The van der Waals surface area contributed by atoms with E-state index in [-0.39, 0.29) is 5.91 Å². The number of amides is 1. The molecular weight excluding hydrogens is 326 g/mol. The van der Waals surface area contributed by atoms with Crippen LogP contribution in [-0.4, -0.2) is 16.1 Å². The van der Waals surface area contributed by atoms with Gasteiger partial charge in [0.15, 0.2) is 0 Å². The van der Waals surface area contributed by atoms with Crippen molar-refractivity contribution < 1.29 is 9.21 Å². The molecule has 5 heteroatoms. The van der Waals surface area contributed by atoms with Gasteiger partial charge >= 0.3 is 0 Å². The number of rotatable bonds is 4. The zero-order valence-corrected chi connectivity index (χ0v) is 14.2. The number of carbonyl (C=O) groups is 1. The van der Waals surface area contributed by atoms with E-state index in [2.05, 4.69) is 15.5 Å². The number of anilines is 1. The number of aryl methyl sites for hydroxylation is 1. The lowest BCUT2D eigenvalue weighted by molar-refractivity contribution is 0.102. The quantitative estimate of drug-likeness (QED) is 0.554. The van der Waals surface area contributed by atoms with Crippen LogP contribution in [0.1, 0.15) is 15.9 Å². The summed E-state index contributed by atoms with van der Waals surface area (Å²) >= 11 is 0. The van der Waals surface area contributed by atoms with Crippen LogP contribution in [0.15, 0.2) is 77.6 Å². The first-order valence-corrected chi connectivity index (χ1v) is 8.26. The van der Waals surface area contributed by atoms with E-state index in [1.165, 1.54) is 12.5 Å². The van der Waals surface area contributed by atoms with Crippen LogP contribution >= 0.6 is 0 Å². The minimum Gasteiger partial charge on any atom is -0.472 e. The molecule has 4 rings (SSSR count). The first kappa shape index (κ1) is 15.9. The van der Waals surface area contributed by atoms with E-state index in [1.807, 2.05) is 61.5 Å². The van der Waals surface area contributed by atoms with Crippen molar-refractivity contribution in [2.24, 2.45) is 0 Å².